The summed E-state index contributed by atoms with van der Waals surface area (Å²) in [4.78, 5) is 2.54. The third-order valence-corrected chi connectivity index (χ3v) is 4.23. The van der Waals surface area contributed by atoms with Gasteiger partial charge in [-0.05, 0) is 50.9 Å². The Morgan fingerprint density at radius 2 is 2.11 bits per heavy atom. The summed E-state index contributed by atoms with van der Waals surface area (Å²) >= 11 is 0. The minimum absolute atomic E-state index is 0.936. The average Bonchev–Trinajstić information content (AvgIpc) is 2.87. The molecule has 1 N–H and O–H groups in total. The molecule has 1 fully saturated rings. The van der Waals surface area contributed by atoms with Crippen molar-refractivity contribution in [2.24, 2.45) is 5.92 Å². The first-order valence-corrected chi connectivity index (χ1v) is 7.81. The largest absolute Gasteiger partial charge is 0.468 e. The van der Waals surface area contributed by atoms with Gasteiger partial charge in [-0.1, -0.05) is 20.3 Å². The second kappa shape index (κ2) is 7.71. The molecular formula is C16H28N2O. The molecule has 0 unspecified atom stereocenters. The van der Waals surface area contributed by atoms with Crippen molar-refractivity contribution in [2.45, 2.75) is 52.6 Å². The highest BCUT2D eigenvalue weighted by atomic mass is 16.3. The van der Waals surface area contributed by atoms with Gasteiger partial charge in [-0.25, -0.2) is 0 Å². The monoisotopic (exact) mass is 264 g/mol. The van der Waals surface area contributed by atoms with Crippen LogP contribution >= 0.6 is 0 Å². The lowest BCUT2D eigenvalue weighted by Gasteiger charge is -2.31. The zero-order valence-corrected chi connectivity index (χ0v) is 12.5. The van der Waals surface area contributed by atoms with Crippen LogP contribution in [-0.4, -0.2) is 24.5 Å². The molecule has 0 aromatic carbocycles. The summed E-state index contributed by atoms with van der Waals surface area (Å²) in [5.41, 5.74) is 1.33. The Morgan fingerprint density at radius 3 is 2.79 bits per heavy atom. The van der Waals surface area contributed by atoms with Crippen LogP contribution in [0.1, 0.15) is 50.9 Å². The molecule has 0 bridgehead atoms. The number of nitrogens with zero attached hydrogens (tertiary/aromatic N) is 1. The van der Waals surface area contributed by atoms with E-state index in [0.29, 0.717) is 0 Å². The molecule has 0 spiro atoms. The zero-order valence-electron chi connectivity index (χ0n) is 12.5. The summed E-state index contributed by atoms with van der Waals surface area (Å²) in [5, 5.41) is 3.45. The molecule has 1 aliphatic rings. The number of hydrogen-bond acceptors (Lipinski definition) is 3. The van der Waals surface area contributed by atoms with Crippen LogP contribution in [0.3, 0.4) is 0 Å². The van der Waals surface area contributed by atoms with Crippen molar-refractivity contribution in [1.29, 1.82) is 0 Å². The fourth-order valence-electron chi connectivity index (χ4n) is 2.82. The van der Waals surface area contributed by atoms with E-state index in [1.807, 2.05) is 6.26 Å². The third kappa shape index (κ3) is 4.36. The Hall–Kier alpha value is -0.800. The van der Waals surface area contributed by atoms with Gasteiger partial charge in [0.15, 0.2) is 0 Å². The van der Waals surface area contributed by atoms with Crippen molar-refractivity contribution in [3.05, 3.63) is 23.7 Å². The highest BCUT2D eigenvalue weighted by molar-refractivity contribution is 5.16. The molecule has 1 saturated heterocycles. The molecule has 0 aliphatic carbocycles. The van der Waals surface area contributed by atoms with Crippen LogP contribution < -0.4 is 5.32 Å². The van der Waals surface area contributed by atoms with E-state index in [-0.39, 0.29) is 0 Å². The van der Waals surface area contributed by atoms with Crippen molar-refractivity contribution >= 4 is 0 Å². The SMILES string of the molecule is CCCNCc1ccoc1CN1CCC(CC)CC1. The third-order valence-electron chi connectivity index (χ3n) is 4.23. The van der Waals surface area contributed by atoms with Crippen LogP contribution in [0.15, 0.2) is 16.7 Å². The Kier molecular flexibility index (Phi) is 5.93. The standard InChI is InChI=1S/C16H28N2O/c1-3-8-17-12-15-7-11-19-16(15)13-18-9-5-14(4-2)6-10-18/h7,11,14,17H,3-6,8-10,12-13H2,1-2H3. The first-order valence-electron chi connectivity index (χ1n) is 7.81. The number of hydrogen-bond donors (Lipinski definition) is 1. The topological polar surface area (TPSA) is 28.4 Å². The molecule has 0 radical (unpaired) electrons. The summed E-state index contributed by atoms with van der Waals surface area (Å²) < 4.78 is 5.67. The molecule has 0 saturated carbocycles. The molecule has 3 heteroatoms. The first-order chi connectivity index (χ1) is 9.33. The van der Waals surface area contributed by atoms with E-state index in [1.165, 1.54) is 44.3 Å². The van der Waals surface area contributed by atoms with Gasteiger partial charge in [-0.15, -0.1) is 0 Å². The maximum Gasteiger partial charge on any atom is 0.122 e. The Balaban J connectivity index is 1.81. The molecule has 108 valence electrons. The Bertz CT molecular complexity index is 353. The molecule has 1 aromatic heterocycles. The fraction of sp³-hybridized carbons (Fsp3) is 0.750. The average molecular weight is 264 g/mol. The van der Waals surface area contributed by atoms with Crippen molar-refractivity contribution in [2.75, 3.05) is 19.6 Å². The maximum absolute atomic E-state index is 5.67. The van der Waals surface area contributed by atoms with Gasteiger partial charge in [0, 0.05) is 12.1 Å². The number of likely N-dealkylation sites (tertiary alicyclic amines) is 1. The number of piperidine rings is 1. The van der Waals surface area contributed by atoms with Crippen LogP contribution in [0.25, 0.3) is 0 Å². The molecule has 3 nitrogen and oxygen atoms in total. The fourth-order valence-corrected chi connectivity index (χ4v) is 2.82. The predicted octanol–water partition coefficient (Wildman–Crippen LogP) is 3.40. The second-order valence-electron chi connectivity index (χ2n) is 5.67. The Labute approximate surface area is 117 Å². The van der Waals surface area contributed by atoms with Gasteiger partial charge >= 0.3 is 0 Å². The van der Waals surface area contributed by atoms with Gasteiger partial charge in [-0.2, -0.15) is 0 Å². The minimum atomic E-state index is 0.936. The maximum atomic E-state index is 5.67. The van der Waals surface area contributed by atoms with E-state index in [9.17, 15) is 0 Å². The molecule has 0 atom stereocenters. The van der Waals surface area contributed by atoms with E-state index in [4.69, 9.17) is 4.42 Å². The van der Waals surface area contributed by atoms with Crippen LogP contribution in [0.2, 0.25) is 0 Å². The highest BCUT2D eigenvalue weighted by Crippen LogP contribution is 2.22. The van der Waals surface area contributed by atoms with Gasteiger partial charge in [0.25, 0.3) is 0 Å². The molecular weight excluding hydrogens is 236 g/mol. The first kappa shape index (κ1) is 14.6. The Morgan fingerprint density at radius 1 is 1.32 bits per heavy atom. The molecule has 1 aliphatic heterocycles. The highest BCUT2D eigenvalue weighted by Gasteiger charge is 2.19. The van der Waals surface area contributed by atoms with E-state index in [0.717, 1.165) is 31.3 Å². The number of furan rings is 1. The predicted molar refractivity (Wildman–Crippen MR) is 79.0 cm³/mol. The van der Waals surface area contributed by atoms with Crippen LogP contribution in [-0.2, 0) is 13.1 Å². The van der Waals surface area contributed by atoms with Gasteiger partial charge in [0.05, 0.1) is 12.8 Å². The number of nitrogens with one attached hydrogen (secondary N) is 1. The van der Waals surface area contributed by atoms with Gasteiger partial charge < -0.3 is 9.73 Å². The van der Waals surface area contributed by atoms with Crippen molar-refractivity contribution in [3.8, 4) is 0 Å². The summed E-state index contributed by atoms with van der Waals surface area (Å²) in [6, 6.07) is 2.11. The normalized spacial score (nSPS) is 18.0. The van der Waals surface area contributed by atoms with E-state index in [1.54, 1.807) is 0 Å². The molecule has 0 amide bonds. The quantitative estimate of drug-likeness (QED) is 0.765. The van der Waals surface area contributed by atoms with Crippen molar-refractivity contribution in [1.82, 2.24) is 10.2 Å². The lowest BCUT2D eigenvalue weighted by Crippen LogP contribution is -2.33. The summed E-state index contributed by atoms with van der Waals surface area (Å²) in [7, 11) is 0. The lowest BCUT2D eigenvalue weighted by molar-refractivity contribution is 0.164. The molecule has 19 heavy (non-hydrogen) atoms. The van der Waals surface area contributed by atoms with E-state index < -0.39 is 0 Å². The molecule has 2 heterocycles. The summed E-state index contributed by atoms with van der Waals surface area (Å²) in [5.74, 6) is 2.09. The van der Waals surface area contributed by atoms with Gasteiger partial charge in [0.2, 0.25) is 0 Å². The minimum Gasteiger partial charge on any atom is -0.468 e. The summed E-state index contributed by atoms with van der Waals surface area (Å²) in [6.07, 6.45) is 7.04. The van der Waals surface area contributed by atoms with Crippen LogP contribution in [0.4, 0.5) is 0 Å². The van der Waals surface area contributed by atoms with Crippen molar-refractivity contribution < 1.29 is 4.42 Å². The van der Waals surface area contributed by atoms with E-state index in [2.05, 4.69) is 30.1 Å². The van der Waals surface area contributed by atoms with Gasteiger partial charge in [0.1, 0.15) is 5.76 Å². The zero-order chi connectivity index (χ0) is 13.5. The molecule has 1 aromatic rings. The van der Waals surface area contributed by atoms with Crippen LogP contribution in [0, 0.1) is 5.92 Å². The lowest BCUT2D eigenvalue weighted by atomic mass is 9.94. The van der Waals surface area contributed by atoms with Crippen LogP contribution in [0.5, 0.6) is 0 Å². The van der Waals surface area contributed by atoms with Gasteiger partial charge in [-0.3, -0.25) is 4.90 Å². The van der Waals surface area contributed by atoms with E-state index >= 15 is 0 Å². The molecule has 2 rings (SSSR count). The summed E-state index contributed by atoms with van der Waals surface area (Å²) in [6.45, 7) is 9.94. The second-order valence-corrected chi connectivity index (χ2v) is 5.67. The van der Waals surface area contributed by atoms with Crippen molar-refractivity contribution in [3.63, 3.8) is 0 Å². The number of rotatable bonds is 7. The smallest absolute Gasteiger partial charge is 0.122 e.